The van der Waals surface area contributed by atoms with Crippen molar-refractivity contribution in [2.75, 3.05) is 27.3 Å². The van der Waals surface area contributed by atoms with Gasteiger partial charge in [0.05, 0.1) is 38.0 Å². The number of rotatable bonds is 9. The number of aliphatic hydroxyl groups is 1. The van der Waals surface area contributed by atoms with Crippen LogP contribution in [-0.4, -0.2) is 150 Å². The van der Waals surface area contributed by atoms with Crippen molar-refractivity contribution in [2.45, 2.75) is 12.5 Å². The van der Waals surface area contributed by atoms with Gasteiger partial charge in [-0.15, -0.1) is 0 Å². The highest BCUT2D eigenvalue weighted by Crippen LogP contribution is 2.40. The summed E-state index contributed by atoms with van der Waals surface area (Å²) in [7, 11) is 41.3. The summed E-state index contributed by atoms with van der Waals surface area (Å²) in [6.07, 6.45) is 2.08. The summed E-state index contributed by atoms with van der Waals surface area (Å²) in [5.74, 6) is 0.366. The van der Waals surface area contributed by atoms with Crippen molar-refractivity contribution in [3.63, 3.8) is 0 Å². The highest BCUT2D eigenvalue weighted by molar-refractivity contribution is 8.05. The number of ether oxygens (including phenoxy) is 1. The maximum atomic E-state index is 13.5. The van der Waals surface area contributed by atoms with E-state index >= 15 is 0 Å². The van der Waals surface area contributed by atoms with Gasteiger partial charge in [-0.3, -0.25) is 9.69 Å². The van der Waals surface area contributed by atoms with Crippen molar-refractivity contribution < 1.29 is 19.0 Å². The average Bonchev–Trinajstić information content (AvgIpc) is 3.67. The fourth-order valence-electron chi connectivity index (χ4n) is 5.61. The molecule has 21 heteroatoms. The Balaban J connectivity index is 0.000000342. The van der Waals surface area contributed by atoms with E-state index in [9.17, 15) is 14.3 Å². The fourth-order valence-corrected chi connectivity index (χ4v) is 5.61. The molecule has 2 aromatic carbocycles. The van der Waals surface area contributed by atoms with Gasteiger partial charge in [0.1, 0.15) is 22.8 Å². The van der Waals surface area contributed by atoms with E-state index in [0.29, 0.717) is 23.8 Å². The molecule has 210 valence electrons. The van der Waals surface area contributed by atoms with Gasteiger partial charge in [-0.25, -0.2) is 14.4 Å². The standard InChI is InChI=1S/C25H24FN5O3.B12/c1-16-12-30(15-27-16)21-9-4-17(11-22(21)34-3)10-20-23(33)31-24(28-20)29(2)13-25(31,14-32)18-5-7-19(26)8-6-18;1-8(2)11(7)12(9(3)4)10(5)6/h4-12,15,32H,13-14H2,1-3H3;/b20-10-;. The number of benzene rings is 2. The number of amides is 1. The molecule has 0 bridgehead atoms. The molecule has 5 rings (SSSR count). The molecule has 0 saturated carbocycles. The van der Waals surface area contributed by atoms with Crippen LogP contribution in [0.3, 0.4) is 0 Å². The Hall–Kier alpha value is -3.20. The van der Waals surface area contributed by atoms with E-state index in [2.05, 4.69) is 9.98 Å². The first-order valence-electron chi connectivity index (χ1n) is 14.4. The number of carbonyl (C=O) groups is 1. The lowest BCUT2D eigenvalue weighted by Crippen LogP contribution is -2.67. The Morgan fingerprint density at radius 1 is 1.04 bits per heavy atom. The molecule has 8 nitrogen and oxygen atoms in total. The van der Waals surface area contributed by atoms with E-state index in [1.54, 1.807) is 31.6 Å². The minimum Gasteiger partial charge on any atom is -0.495 e. The molecule has 1 saturated heterocycles. The Kier molecular flexibility index (Phi) is 11.4. The number of likely N-dealkylation sites (N-methyl/N-ethyl adjacent to an activating group) is 1. The lowest BCUT2D eigenvalue weighted by Gasteiger charge is -2.33. The molecule has 2 aliphatic heterocycles. The van der Waals surface area contributed by atoms with Crippen LogP contribution in [-0.2, 0) is 10.3 Å². The zero-order valence-corrected chi connectivity index (χ0v) is 26.0. The fraction of sp³-hybridized carbons (Fsp3) is 0.240. The number of aryl methyl sites for hydroxylation is 1. The largest absolute Gasteiger partial charge is 0.495 e. The van der Waals surface area contributed by atoms with Crippen LogP contribution >= 0.6 is 0 Å². The highest BCUT2D eigenvalue weighted by atomic mass is 19.1. The van der Waals surface area contributed by atoms with Crippen LogP contribution in [0.2, 0.25) is 0 Å². The number of methoxy groups -OCH3 is 1. The van der Waals surface area contributed by atoms with Gasteiger partial charge in [-0.2, -0.15) is 0 Å². The van der Waals surface area contributed by atoms with Crippen LogP contribution in [0.5, 0.6) is 5.75 Å². The second kappa shape index (κ2) is 14.7. The molecule has 3 aromatic rings. The predicted octanol–water partition coefficient (Wildman–Crippen LogP) is -1.87. The van der Waals surface area contributed by atoms with Crippen molar-refractivity contribution in [3.05, 3.63) is 83.3 Å². The zero-order valence-electron chi connectivity index (χ0n) is 26.0. The first-order chi connectivity index (χ1) is 21.7. The first kappa shape index (κ1) is 35.6. The lowest BCUT2D eigenvalue weighted by molar-refractivity contribution is -0.127. The Morgan fingerprint density at radius 2 is 1.70 bits per heavy atom. The van der Waals surface area contributed by atoms with Gasteiger partial charge in [-0.05, 0) is 48.4 Å². The Morgan fingerprint density at radius 3 is 2.20 bits per heavy atom. The second-order valence-corrected chi connectivity index (χ2v) is 11.4. The van der Waals surface area contributed by atoms with Gasteiger partial charge in [0, 0.05) is 99.3 Å². The molecule has 1 fully saturated rings. The molecule has 0 aliphatic carbocycles. The SMILES string of the molecule is COc1cc(/C=C2\N=C3N(C)CC(CO)(c4ccc(F)cc4)N3C2=O)ccc1-n1cnc(C)c1.[B]B([B])B([B])B(B([B])[B])B([B])[B]. The molecule has 46 heavy (non-hydrogen) atoms. The first-order valence-corrected chi connectivity index (χ1v) is 14.4. The van der Waals surface area contributed by atoms with Crippen LogP contribution in [0, 0.1) is 12.7 Å². The van der Waals surface area contributed by atoms with Crippen LogP contribution in [0.1, 0.15) is 16.8 Å². The molecule has 1 atom stereocenters. The molecule has 1 unspecified atom stereocenters. The zero-order chi connectivity index (χ0) is 33.9. The summed E-state index contributed by atoms with van der Waals surface area (Å²) in [5.41, 5.74) is 2.29. The van der Waals surface area contributed by atoms with Gasteiger partial charge in [0.25, 0.3) is 5.91 Å². The third kappa shape index (κ3) is 7.19. The lowest BCUT2D eigenvalue weighted by atomic mass is 8.53. The van der Waals surface area contributed by atoms with Crippen LogP contribution in [0.25, 0.3) is 11.8 Å². The van der Waals surface area contributed by atoms with Gasteiger partial charge >= 0.3 is 0 Å². The summed E-state index contributed by atoms with van der Waals surface area (Å²) in [6.45, 7) is 1.93. The number of imidazole rings is 1. The van der Waals surface area contributed by atoms with E-state index in [-0.39, 0.29) is 24.0 Å². The number of fused-ring (bicyclic) bond motifs is 1. The van der Waals surface area contributed by atoms with E-state index in [1.807, 2.05) is 47.8 Å². The molecular weight excluding hydrogens is 567 g/mol. The number of nitrogens with zero attached hydrogens (tertiary/aromatic N) is 5. The minimum atomic E-state index is -1.05. The summed E-state index contributed by atoms with van der Waals surface area (Å²) >= 11 is 0. The molecule has 0 spiro atoms. The number of guanidine groups is 1. The molecule has 1 N–H and O–H groups in total. The maximum absolute atomic E-state index is 13.5. The van der Waals surface area contributed by atoms with Crippen LogP contribution in [0.4, 0.5) is 4.39 Å². The number of aliphatic hydroxyl groups excluding tert-OH is 1. The van der Waals surface area contributed by atoms with Crippen LogP contribution in [0.15, 0.2) is 65.7 Å². The van der Waals surface area contributed by atoms with E-state index in [1.165, 1.54) is 17.0 Å². The van der Waals surface area contributed by atoms with E-state index in [0.717, 1.165) is 16.9 Å². The Bertz CT molecular complexity index is 1600. The van der Waals surface area contributed by atoms with E-state index < -0.39 is 37.5 Å². The number of hydrogen-bond donors (Lipinski definition) is 1. The number of carbonyl (C=O) groups excluding carboxylic acids is 1. The predicted molar refractivity (Wildman–Crippen MR) is 194 cm³/mol. The maximum Gasteiger partial charge on any atom is 0.280 e. The Labute approximate surface area is 281 Å². The second-order valence-electron chi connectivity index (χ2n) is 11.4. The van der Waals surface area contributed by atoms with Crippen molar-refractivity contribution in [2.24, 2.45) is 4.99 Å². The van der Waals surface area contributed by atoms with Gasteiger partial charge in [-0.1, -0.05) is 18.2 Å². The molecule has 2 aliphatic rings. The average molecular weight is 591 g/mol. The molecular formula is C25H24B12FN5O3. The number of hydrogen-bond acceptors (Lipinski definition) is 6. The smallest absolute Gasteiger partial charge is 0.280 e. The molecule has 3 heterocycles. The van der Waals surface area contributed by atoms with Crippen molar-refractivity contribution in [1.29, 1.82) is 0 Å². The minimum absolute atomic E-state index is 0.245. The topological polar surface area (TPSA) is 83.2 Å². The van der Waals surface area contributed by atoms with Crippen molar-refractivity contribution in [1.82, 2.24) is 19.4 Å². The number of aliphatic imine (C=N–C) groups is 1. The summed E-state index contributed by atoms with van der Waals surface area (Å²) < 4.78 is 21.0. The summed E-state index contributed by atoms with van der Waals surface area (Å²) in [5, 5.41) is 10.4. The van der Waals surface area contributed by atoms with Gasteiger partial charge in [0.15, 0.2) is 0 Å². The molecule has 1 amide bonds. The highest BCUT2D eigenvalue weighted by Gasteiger charge is 2.54. The van der Waals surface area contributed by atoms with E-state index in [4.69, 9.17) is 58.9 Å². The summed E-state index contributed by atoms with van der Waals surface area (Å²) in [6, 6.07) is 11.4. The molecule has 14 radical (unpaired) electrons. The normalized spacial score (nSPS) is 17.6. The third-order valence-electron chi connectivity index (χ3n) is 8.03. The van der Waals surface area contributed by atoms with Gasteiger partial charge < -0.3 is 19.3 Å². The number of halogens is 1. The summed E-state index contributed by atoms with van der Waals surface area (Å²) in [4.78, 5) is 25.6. The van der Waals surface area contributed by atoms with Crippen molar-refractivity contribution >= 4 is 104 Å². The van der Waals surface area contributed by atoms with Crippen LogP contribution < -0.4 is 4.74 Å². The number of aromatic nitrogens is 2. The molecule has 1 aromatic heterocycles. The third-order valence-corrected chi connectivity index (χ3v) is 8.03. The van der Waals surface area contributed by atoms with Gasteiger partial charge in [0.2, 0.25) is 5.96 Å². The van der Waals surface area contributed by atoms with Crippen molar-refractivity contribution in [3.8, 4) is 11.4 Å². The quantitative estimate of drug-likeness (QED) is 0.233. The monoisotopic (exact) mass is 593 g/mol.